The summed E-state index contributed by atoms with van der Waals surface area (Å²) < 4.78 is 24.5. The Hall–Kier alpha value is -0.890. The first-order valence-electron chi connectivity index (χ1n) is 4.89. The van der Waals surface area contributed by atoms with Gasteiger partial charge in [0, 0.05) is 26.4 Å². The van der Waals surface area contributed by atoms with Crippen LogP contribution >= 0.6 is 12.2 Å². The monoisotopic (exact) mass is 264 g/mol. The largest absolute Gasteiger partial charge is 0.343 e. The summed E-state index contributed by atoms with van der Waals surface area (Å²) in [5, 5.41) is 6.75. The van der Waals surface area contributed by atoms with E-state index in [1.165, 1.54) is 6.26 Å². The van der Waals surface area contributed by atoms with Crippen molar-refractivity contribution >= 4 is 28.0 Å². The van der Waals surface area contributed by atoms with Gasteiger partial charge in [0.1, 0.15) is 9.84 Å². The lowest BCUT2D eigenvalue weighted by molar-refractivity contribution is 0.600. The molecule has 6 nitrogen and oxygen atoms in total. The van der Waals surface area contributed by atoms with E-state index in [1.807, 2.05) is 11.5 Å². The van der Waals surface area contributed by atoms with Gasteiger partial charge < -0.3 is 4.90 Å². The molecular formula is C8H16N4O2S2. The second-order valence-electron chi connectivity index (χ2n) is 3.62. The van der Waals surface area contributed by atoms with E-state index in [9.17, 15) is 8.42 Å². The Morgan fingerprint density at radius 2 is 2.19 bits per heavy atom. The predicted octanol–water partition coefficient (Wildman–Crippen LogP) is 0.441. The molecule has 92 valence electrons. The molecule has 1 aromatic rings. The predicted molar refractivity (Wildman–Crippen MR) is 66.1 cm³/mol. The molecule has 0 saturated carbocycles. The van der Waals surface area contributed by atoms with Gasteiger partial charge in [-0.05, 0) is 19.1 Å². The van der Waals surface area contributed by atoms with Gasteiger partial charge in [0.2, 0.25) is 5.95 Å². The summed E-state index contributed by atoms with van der Waals surface area (Å²) in [4.78, 5) is 1.77. The first-order chi connectivity index (χ1) is 7.35. The van der Waals surface area contributed by atoms with E-state index in [-0.39, 0.29) is 5.75 Å². The lowest BCUT2D eigenvalue weighted by atomic mass is 10.6. The van der Waals surface area contributed by atoms with E-state index in [0.717, 1.165) is 0 Å². The minimum atomic E-state index is -2.95. The first kappa shape index (κ1) is 13.2. The maximum atomic E-state index is 11.0. The van der Waals surface area contributed by atoms with Crippen molar-refractivity contribution in [2.24, 2.45) is 0 Å². The van der Waals surface area contributed by atoms with E-state index in [0.29, 0.717) is 23.8 Å². The maximum absolute atomic E-state index is 11.0. The zero-order valence-corrected chi connectivity index (χ0v) is 11.2. The van der Waals surface area contributed by atoms with Crippen LogP contribution in [0.15, 0.2) is 0 Å². The molecule has 0 unspecified atom stereocenters. The summed E-state index contributed by atoms with van der Waals surface area (Å²) in [6, 6.07) is 0. The van der Waals surface area contributed by atoms with Crippen molar-refractivity contribution in [1.29, 1.82) is 0 Å². The molecule has 1 N–H and O–H groups in total. The molecule has 1 rings (SSSR count). The molecule has 0 aliphatic heterocycles. The van der Waals surface area contributed by atoms with Crippen molar-refractivity contribution in [3.8, 4) is 0 Å². The molecular weight excluding hydrogens is 248 g/mol. The van der Waals surface area contributed by atoms with Gasteiger partial charge in [-0.1, -0.05) is 0 Å². The first-order valence-corrected chi connectivity index (χ1v) is 7.36. The third kappa shape index (κ3) is 3.31. The molecule has 0 fully saturated rings. The third-order valence-corrected chi connectivity index (χ3v) is 3.43. The molecule has 0 atom stereocenters. The van der Waals surface area contributed by atoms with Gasteiger partial charge in [0.05, 0.1) is 5.75 Å². The number of hydrogen-bond acceptors (Lipinski definition) is 5. The van der Waals surface area contributed by atoms with E-state index in [1.54, 1.807) is 11.9 Å². The van der Waals surface area contributed by atoms with Crippen LogP contribution in [-0.4, -0.2) is 48.8 Å². The fourth-order valence-electron chi connectivity index (χ4n) is 1.29. The van der Waals surface area contributed by atoms with Crippen molar-refractivity contribution in [3.63, 3.8) is 0 Å². The Balaban J connectivity index is 2.81. The van der Waals surface area contributed by atoms with Crippen molar-refractivity contribution in [2.45, 2.75) is 13.5 Å². The van der Waals surface area contributed by atoms with Crippen LogP contribution in [0.5, 0.6) is 0 Å². The lowest BCUT2D eigenvalue weighted by Gasteiger charge is -2.17. The van der Waals surface area contributed by atoms with Gasteiger partial charge >= 0.3 is 0 Å². The number of rotatable bonds is 5. The molecule has 0 saturated heterocycles. The molecule has 0 aliphatic rings. The highest BCUT2D eigenvalue weighted by Gasteiger charge is 2.11. The normalized spacial score (nSPS) is 11.7. The van der Waals surface area contributed by atoms with Crippen LogP contribution in [0, 0.1) is 4.77 Å². The van der Waals surface area contributed by atoms with Gasteiger partial charge in [-0.15, -0.1) is 5.10 Å². The summed E-state index contributed by atoms with van der Waals surface area (Å²) in [5.74, 6) is 0.767. The van der Waals surface area contributed by atoms with Gasteiger partial charge in [0.25, 0.3) is 0 Å². The van der Waals surface area contributed by atoms with Gasteiger partial charge in [-0.25, -0.2) is 13.5 Å². The third-order valence-electron chi connectivity index (χ3n) is 2.19. The minimum absolute atomic E-state index is 0.104. The van der Waals surface area contributed by atoms with Crippen LogP contribution in [0.1, 0.15) is 6.92 Å². The van der Waals surface area contributed by atoms with Crippen LogP contribution in [0.4, 0.5) is 5.95 Å². The van der Waals surface area contributed by atoms with E-state index in [2.05, 4.69) is 10.2 Å². The topological polar surface area (TPSA) is 71.0 Å². The fourth-order valence-corrected chi connectivity index (χ4v) is 2.15. The van der Waals surface area contributed by atoms with Crippen molar-refractivity contribution in [3.05, 3.63) is 4.77 Å². The number of aromatic nitrogens is 3. The lowest BCUT2D eigenvalue weighted by Crippen LogP contribution is -2.27. The van der Waals surface area contributed by atoms with Crippen molar-refractivity contribution in [1.82, 2.24) is 14.8 Å². The quantitative estimate of drug-likeness (QED) is 0.781. The highest BCUT2D eigenvalue weighted by molar-refractivity contribution is 7.90. The average molecular weight is 264 g/mol. The second kappa shape index (κ2) is 4.96. The fraction of sp³-hybridized carbons (Fsp3) is 0.750. The number of nitrogens with zero attached hydrogens (tertiary/aromatic N) is 3. The maximum Gasteiger partial charge on any atom is 0.225 e. The minimum Gasteiger partial charge on any atom is -0.343 e. The summed E-state index contributed by atoms with van der Waals surface area (Å²) >= 11 is 5.05. The summed E-state index contributed by atoms with van der Waals surface area (Å²) in [7, 11) is -1.16. The highest BCUT2D eigenvalue weighted by Crippen LogP contribution is 2.09. The second-order valence-corrected chi connectivity index (χ2v) is 6.27. The van der Waals surface area contributed by atoms with Gasteiger partial charge in [-0.2, -0.15) is 0 Å². The standard InChI is InChI=1S/C8H16N4O2S2/c1-4-12-7(9-10-8(12)15)11(2)5-6-16(3,13)14/h4-6H2,1-3H3,(H,10,15). The Bertz CT molecular complexity index is 502. The van der Waals surface area contributed by atoms with Crippen LogP contribution in [0.25, 0.3) is 0 Å². The molecule has 1 heterocycles. The highest BCUT2D eigenvalue weighted by atomic mass is 32.2. The van der Waals surface area contributed by atoms with E-state index in [4.69, 9.17) is 12.2 Å². The molecule has 0 aliphatic carbocycles. The average Bonchev–Trinajstić information content (AvgIpc) is 2.54. The van der Waals surface area contributed by atoms with Crippen molar-refractivity contribution in [2.75, 3.05) is 30.5 Å². The zero-order chi connectivity index (χ0) is 12.3. The van der Waals surface area contributed by atoms with Crippen LogP contribution in [-0.2, 0) is 16.4 Å². The van der Waals surface area contributed by atoms with Crippen LogP contribution in [0.3, 0.4) is 0 Å². The molecule has 1 aromatic heterocycles. The number of sulfone groups is 1. The molecule has 0 radical (unpaired) electrons. The molecule has 0 bridgehead atoms. The molecule has 0 amide bonds. The van der Waals surface area contributed by atoms with Crippen LogP contribution in [0.2, 0.25) is 0 Å². The van der Waals surface area contributed by atoms with E-state index < -0.39 is 9.84 Å². The number of nitrogens with one attached hydrogen (secondary N) is 1. The zero-order valence-electron chi connectivity index (χ0n) is 9.60. The molecule has 8 heteroatoms. The number of anilines is 1. The summed E-state index contributed by atoms with van der Waals surface area (Å²) in [6.07, 6.45) is 1.22. The molecule has 16 heavy (non-hydrogen) atoms. The van der Waals surface area contributed by atoms with Crippen LogP contribution < -0.4 is 4.90 Å². The van der Waals surface area contributed by atoms with Gasteiger partial charge in [0.15, 0.2) is 4.77 Å². The Kier molecular flexibility index (Phi) is 4.09. The van der Waals surface area contributed by atoms with Gasteiger partial charge in [-0.3, -0.25) is 4.57 Å². The Morgan fingerprint density at radius 1 is 1.56 bits per heavy atom. The number of hydrogen-bond donors (Lipinski definition) is 1. The van der Waals surface area contributed by atoms with Crippen molar-refractivity contribution < 1.29 is 8.42 Å². The summed E-state index contributed by atoms with van der Waals surface area (Å²) in [6.45, 7) is 3.06. The Labute approximate surface area is 100 Å². The smallest absolute Gasteiger partial charge is 0.225 e. The SMILES string of the molecule is CCn1c(N(C)CCS(C)(=O)=O)n[nH]c1=S. The van der Waals surface area contributed by atoms with E-state index >= 15 is 0 Å². The Morgan fingerprint density at radius 3 is 2.69 bits per heavy atom. The molecule has 0 aromatic carbocycles. The number of aromatic amines is 1. The number of H-pyrrole nitrogens is 1. The molecule has 0 spiro atoms. The summed E-state index contributed by atoms with van der Waals surface area (Å²) in [5.41, 5.74) is 0.